The minimum Gasteiger partial charge on any atom is -0.456 e. The summed E-state index contributed by atoms with van der Waals surface area (Å²) in [6, 6.07) is 68.7. The monoisotopic (exact) mass is 708 g/mol. The standard InChI is InChI=1S/C45H32N2O.C7H8/c46-41(34-15-8-3-9-16-34)29-42(47)38-17-10-18-44-45(38)40-28-36(24-26-43(40)48-44)37-25-23-35(27-39(37)33-13-6-2-7-14-33)32-21-19-31(20-22-32)30-11-4-1-5-12-30;1-7-5-3-2-4-6-7/h1-29,47H,46H2;2-6H,1H3/b41-29-,47-42?;. The molecule has 0 atom stereocenters. The highest BCUT2D eigenvalue weighted by molar-refractivity contribution is 6.22. The lowest BCUT2D eigenvalue weighted by atomic mass is 9.90. The van der Waals surface area contributed by atoms with Gasteiger partial charge in [0.15, 0.2) is 0 Å². The molecular formula is C52H40N2O. The molecule has 0 saturated carbocycles. The van der Waals surface area contributed by atoms with Gasteiger partial charge in [0.25, 0.3) is 0 Å². The topological polar surface area (TPSA) is 63.0 Å². The van der Waals surface area contributed by atoms with Gasteiger partial charge in [0.2, 0.25) is 0 Å². The van der Waals surface area contributed by atoms with Gasteiger partial charge in [0.05, 0.1) is 5.71 Å². The van der Waals surface area contributed by atoms with Crippen molar-refractivity contribution < 1.29 is 4.42 Å². The summed E-state index contributed by atoms with van der Waals surface area (Å²) in [5.74, 6) is 0. The molecule has 1 heterocycles. The van der Waals surface area contributed by atoms with Crippen molar-refractivity contribution in [3.8, 4) is 44.5 Å². The maximum atomic E-state index is 9.04. The summed E-state index contributed by atoms with van der Waals surface area (Å²) < 4.78 is 6.31. The van der Waals surface area contributed by atoms with Gasteiger partial charge in [-0.3, -0.25) is 0 Å². The van der Waals surface area contributed by atoms with Crippen LogP contribution < -0.4 is 5.73 Å². The van der Waals surface area contributed by atoms with E-state index < -0.39 is 0 Å². The molecule has 0 spiro atoms. The van der Waals surface area contributed by atoms with E-state index in [0.29, 0.717) is 11.4 Å². The second-order valence-corrected chi connectivity index (χ2v) is 13.6. The lowest BCUT2D eigenvalue weighted by Crippen LogP contribution is -2.02. The number of furan rings is 1. The smallest absolute Gasteiger partial charge is 0.136 e. The van der Waals surface area contributed by atoms with Crippen LogP contribution in [0.5, 0.6) is 0 Å². The Labute approximate surface area is 322 Å². The first-order valence-corrected chi connectivity index (χ1v) is 18.5. The fraction of sp³-hybridized carbons (Fsp3) is 0.0192. The Balaban J connectivity index is 0.000000551. The summed E-state index contributed by atoms with van der Waals surface area (Å²) in [7, 11) is 0. The van der Waals surface area contributed by atoms with Gasteiger partial charge in [-0.2, -0.15) is 0 Å². The summed E-state index contributed by atoms with van der Waals surface area (Å²) in [6.45, 7) is 2.08. The number of benzene rings is 8. The molecule has 3 heteroatoms. The second-order valence-electron chi connectivity index (χ2n) is 13.6. The molecule has 3 N–H and O–H groups in total. The number of allylic oxidation sites excluding steroid dienone is 1. The van der Waals surface area contributed by atoms with E-state index in [9.17, 15) is 0 Å². The predicted molar refractivity (Wildman–Crippen MR) is 232 cm³/mol. The summed E-state index contributed by atoms with van der Waals surface area (Å²) >= 11 is 0. The summed E-state index contributed by atoms with van der Waals surface area (Å²) in [5.41, 5.74) is 21.1. The molecule has 0 fully saturated rings. The minimum absolute atomic E-state index is 0.336. The predicted octanol–water partition coefficient (Wildman–Crippen LogP) is 13.6. The van der Waals surface area contributed by atoms with Crippen molar-refractivity contribution in [1.29, 1.82) is 5.41 Å². The average molecular weight is 709 g/mol. The molecule has 0 amide bonds. The van der Waals surface area contributed by atoms with E-state index in [-0.39, 0.29) is 0 Å². The van der Waals surface area contributed by atoms with E-state index in [0.717, 1.165) is 60.9 Å². The second kappa shape index (κ2) is 15.8. The van der Waals surface area contributed by atoms with Gasteiger partial charge in [-0.1, -0.05) is 181 Å². The highest BCUT2D eigenvalue weighted by Gasteiger charge is 2.17. The highest BCUT2D eigenvalue weighted by Crippen LogP contribution is 2.40. The molecule has 8 aromatic carbocycles. The van der Waals surface area contributed by atoms with Crippen LogP contribution in [0.25, 0.3) is 72.1 Å². The molecule has 0 radical (unpaired) electrons. The maximum absolute atomic E-state index is 9.04. The number of fused-ring (bicyclic) bond motifs is 3. The van der Waals surface area contributed by atoms with E-state index in [1.807, 2.05) is 78.9 Å². The van der Waals surface area contributed by atoms with Gasteiger partial charge >= 0.3 is 0 Å². The normalized spacial score (nSPS) is 11.3. The van der Waals surface area contributed by atoms with Crippen molar-refractivity contribution in [3.63, 3.8) is 0 Å². The minimum atomic E-state index is 0.336. The third-order valence-electron chi connectivity index (χ3n) is 9.87. The van der Waals surface area contributed by atoms with Crippen LogP contribution in [0.3, 0.4) is 0 Å². The zero-order valence-electron chi connectivity index (χ0n) is 30.6. The molecule has 3 nitrogen and oxygen atoms in total. The molecule has 1 aromatic heterocycles. The Kier molecular flexibility index (Phi) is 10.0. The molecule has 0 saturated heterocycles. The molecule has 0 aliphatic heterocycles. The third kappa shape index (κ3) is 7.64. The number of nitrogens with one attached hydrogen (secondary N) is 1. The lowest BCUT2D eigenvalue weighted by molar-refractivity contribution is 0.669. The van der Waals surface area contributed by atoms with Crippen LogP contribution >= 0.6 is 0 Å². The van der Waals surface area contributed by atoms with Crippen LogP contribution in [0, 0.1) is 12.3 Å². The number of hydrogen-bond acceptors (Lipinski definition) is 3. The molecule has 264 valence electrons. The fourth-order valence-electron chi connectivity index (χ4n) is 7.02. The van der Waals surface area contributed by atoms with E-state index >= 15 is 0 Å². The van der Waals surface area contributed by atoms with Gasteiger partial charge in [0.1, 0.15) is 11.2 Å². The maximum Gasteiger partial charge on any atom is 0.136 e. The van der Waals surface area contributed by atoms with Crippen molar-refractivity contribution in [2.75, 3.05) is 0 Å². The van der Waals surface area contributed by atoms with Crippen LogP contribution in [0.4, 0.5) is 0 Å². The lowest BCUT2D eigenvalue weighted by Gasteiger charge is -2.14. The van der Waals surface area contributed by atoms with Gasteiger partial charge in [-0.25, -0.2) is 0 Å². The zero-order valence-corrected chi connectivity index (χ0v) is 30.6. The number of aryl methyl sites for hydroxylation is 1. The molecule has 0 unspecified atom stereocenters. The van der Waals surface area contributed by atoms with Crippen molar-refractivity contribution in [1.82, 2.24) is 0 Å². The quantitative estimate of drug-likeness (QED) is 0.162. The molecule has 0 aliphatic carbocycles. The van der Waals surface area contributed by atoms with Gasteiger partial charge in [0, 0.05) is 22.0 Å². The van der Waals surface area contributed by atoms with Crippen LogP contribution in [-0.4, -0.2) is 5.71 Å². The van der Waals surface area contributed by atoms with Crippen molar-refractivity contribution in [2.45, 2.75) is 6.92 Å². The SMILES string of the molecule is Cc1ccccc1.N=C(/C=C(\N)c1ccccc1)c1cccc2oc3ccc(-c4ccc(-c5ccc(-c6ccccc6)cc5)cc4-c4ccccc4)cc3c12. The van der Waals surface area contributed by atoms with Crippen LogP contribution in [0.15, 0.2) is 211 Å². The third-order valence-corrected chi connectivity index (χ3v) is 9.87. The summed E-state index contributed by atoms with van der Waals surface area (Å²) in [6.07, 6.45) is 1.73. The Morgan fingerprint density at radius 3 is 1.65 bits per heavy atom. The zero-order chi connectivity index (χ0) is 37.6. The van der Waals surface area contributed by atoms with Crippen LogP contribution in [-0.2, 0) is 0 Å². The molecular weight excluding hydrogens is 669 g/mol. The van der Waals surface area contributed by atoms with E-state index in [2.05, 4.69) is 128 Å². The van der Waals surface area contributed by atoms with Crippen LogP contribution in [0.1, 0.15) is 16.7 Å². The first kappa shape index (κ1) is 34.8. The van der Waals surface area contributed by atoms with Crippen molar-refractivity contribution in [3.05, 3.63) is 223 Å². The Bertz CT molecular complexity index is 2750. The Morgan fingerprint density at radius 2 is 1.02 bits per heavy atom. The van der Waals surface area contributed by atoms with Crippen molar-refractivity contribution in [2.24, 2.45) is 5.73 Å². The van der Waals surface area contributed by atoms with Gasteiger partial charge < -0.3 is 15.6 Å². The largest absolute Gasteiger partial charge is 0.456 e. The van der Waals surface area contributed by atoms with E-state index in [1.54, 1.807) is 6.08 Å². The Morgan fingerprint density at radius 1 is 0.473 bits per heavy atom. The van der Waals surface area contributed by atoms with Gasteiger partial charge in [-0.15, -0.1) is 0 Å². The fourth-order valence-corrected chi connectivity index (χ4v) is 7.02. The van der Waals surface area contributed by atoms with E-state index in [1.165, 1.54) is 22.3 Å². The number of rotatable bonds is 7. The molecule has 9 rings (SSSR count). The van der Waals surface area contributed by atoms with E-state index in [4.69, 9.17) is 15.6 Å². The first-order chi connectivity index (χ1) is 27.0. The number of nitrogens with two attached hydrogens (primary N) is 1. The van der Waals surface area contributed by atoms with Crippen LogP contribution in [0.2, 0.25) is 0 Å². The highest BCUT2D eigenvalue weighted by atomic mass is 16.3. The Hall–Kier alpha value is -7.23. The number of hydrogen-bond donors (Lipinski definition) is 2. The first-order valence-electron chi connectivity index (χ1n) is 18.5. The molecule has 9 aromatic rings. The molecule has 0 bridgehead atoms. The van der Waals surface area contributed by atoms with Gasteiger partial charge in [-0.05, 0) is 87.3 Å². The summed E-state index contributed by atoms with van der Waals surface area (Å²) in [5, 5.41) is 10.9. The summed E-state index contributed by atoms with van der Waals surface area (Å²) in [4.78, 5) is 0. The average Bonchev–Trinajstić information content (AvgIpc) is 3.63. The van der Waals surface area contributed by atoms with Crippen molar-refractivity contribution >= 4 is 33.3 Å². The molecule has 55 heavy (non-hydrogen) atoms. The molecule has 0 aliphatic rings.